The van der Waals surface area contributed by atoms with Gasteiger partial charge in [0.25, 0.3) is 10.1 Å². The van der Waals surface area contributed by atoms with Gasteiger partial charge < -0.3 is 4.74 Å². The van der Waals surface area contributed by atoms with Crippen molar-refractivity contribution < 1.29 is 17.3 Å². The molecule has 1 atom stereocenters. The van der Waals surface area contributed by atoms with Gasteiger partial charge in [0.2, 0.25) is 0 Å². The molecular weight excluding hydrogens is 168 g/mol. The van der Waals surface area contributed by atoms with Crippen molar-refractivity contribution in [1.29, 1.82) is 0 Å². The molecule has 1 rings (SSSR count). The Morgan fingerprint density at radius 1 is 1.64 bits per heavy atom. The monoisotopic (exact) mass is 180 g/mol. The first-order valence-electron chi connectivity index (χ1n) is 3.50. The zero-order valence-corrected chi connectivity index (χ0v) is 7.26. The predicted molar refractivity (Wildman–Crippen MR) is 39.7 cm³/mol. The molecule has 1 unspecified atom stereocenters. The van der Waals surface area contributed by atoms with Crippen molar-refractivity contribution in [3.8, 4) is 0 Å². The molecule has 5 heteroatoms. The number of hydrogen-bond acceptors (Lipinski definition) is 4. The largest absolute Gasteiger partial charge is 0.381 e. The third-order valence-corrected chi connectivity index (χ3v) is 3.11. The van der Waals surface area contributed by atoms with Crippen LogP contribution >= 0.6 is 0 Å². The molecule has 11 heavy (non-hydrogen) atoms. The van der Waals surface area contributed by atoms with Gasteiger partial charge in [-0.3, -0.25) is 4.18 Å². The molecule has 1 aliphatic heterocycles. The quantitative estimate of drug-likeness (QED) is 0.574. The van der Waals surface area contributed by atoms with E-state index in [0.29, 0.717) is 13.2 Å². The molecule has 1 aliphatic rings. The van der Waals surface area contributed by atoms with Gasteiger partial charge in [-0.25, -0.2) is 0 Å². The summed E-state index contributed by atoms with van der Waals surface area (Å²) in [4.78, 5) is 0. The summed E-state index contributed by atoms with van der Waals surface area (Å²) in [7, 11) is -2.10. The fourth-order valence-corrected chi connectivity index (χ4v) is 2.05. The molecule has 1 fully saturated rings. The van der Waals surface area contributed by atoms with Crippen LogP contribution in [0.1, 0.15) is 6.42 Å². The molecule has 0 aromatic heterocycles. The van der Waals surface area contributed by atoms with E-state index in [0.717, 1.165) is 6.42 Å². The Bertz CT molecular complexity index is 203. The maximum absolute atomic E-state index is 10.9. The van der Waals surface area contributed by atoms with Crippen molar-refractivity contribution in [3.05, 3.63) is 0 Å². The molecule has 66 valence electrons. The highest BCUT2D eigenvalue weighted by Gasteiger charge is 2.22. The summed E-state index contributed by atoms with van der Waals surface area (Å²) >= 11 is 0. The van der Waals surface area contributed by atoms with E-state index in [9.17, 15) is 8.42 Å². The smallest absolute Gasteiger partial charge is 0.267 e. The summed E-state index contributed by atoms with van der Waals surface area (Å²) < 4.78 is 31.1. The van der Waals surface area contributed by atoms with E-state index in [1.165, 1.54) is 7.11 Å². The molecule has 0 spiro atoms. The first-order valence-corrected chi connectivity index (χ1v) is 5.08. The van der Waals surface area contributed by atoms with Gasteiger partial charge in [-0.15, -0.1) is 0 Å². The van der Waals surface area contributed by atoms with Crippen LogP contribution in [0, 0.1) is 5.92 Å². The number of rotatable bonds is 3. The lowest BCUT2D eigenvalue weighted by Gasteiger charge is -2.05. The van der Waals surface area contributed by atoms with Crippen LogP contribution in [-0.4, -0.2) is 34.5 Å². The molecule has 1 saturated heterocycles. The van der Waals surface area contributed by atoms with Crippen molar-refractivity contribution in [2.75, 3.05) is 26.1 Å². The maximum atomic E-state index is 10.9. The van der Waals surface area contributed by atoms with Gasteiger partial charge in [0.1, 0.15) is 0 Å². The topological polar surface area (TPSA) is 52.6 Å². The fourth-order valence-electron chi connectivity index (χ4n) is 1.07. The Hall–Kier alpha value is -0.130. The van der Waals surface area contributed by atoms with Crippen molar-refractivity contribution in [1.82, 2.24) is 0 Å². The fraction of sp³-hybridized carbons (Fsp3) is 1.00. The molecule has 1 heterocycles. The molecule has 0 saturated carbocycles. The maximum Gasteiger partial charge on any atom is 0.267 e. The first kappa shape index (κ1) is 8.96. The van der Waals surface area contributed by atoms with Crippen LogP contribution in [0.3, 0.4) is 0 Å². The van der Waals surface area contributed by atoms with Crippen LogP contribution in [0.25, 0.3) is 0 Å². The third-order valence-electron chi connectivity index (χ3n) is 1.72. The van der Waals surface area contributed by atoms with E-state index >= 15 is 0 Å². The molecule has 0 radical (unpaired) electrons. The van der Waals surface area contributed by atoms with E-state index < -0.39 is 10.1 Å². The molecule has 0 N–H and O–H groups in total. The van der Waals surface area contributed by atoms with Gasteiger partial charge in [0, 0.05) is 12.5 Å². The van der Waals surface area contributed by atoms with E-state index in [2.05, 4.69) is 4.18 Å². The summed E-state index contributed by atoms with van der Waals surface area (Å²) in [6, 6.07) is 0. The van der Waals surface area contributed by atoms with Crippen molar-refractivity contribution >= 4 is 10.1 Å². The van der Waals surface area contributed by atoms with Crippen molar-refractivity contribution in [3.63, 3.8) is 0 Å². The average molecular weight is 180 g/mol. The summed E-state index contributed by atoms with van der Waals surface area (Å²) in [5, 5.41) is 0. The summed E-state index contributed by atoms with van der Waals surface area (Å²) in [5.74, 6) is 0.212. The average Bonchev–Trinajstić information content (AvgIpc) is 2.39. The molecular formula is C6H12O4S. The van der Waals surface area contributed by atoms with E-state index in [-0.39, 0.29) is 11.7 Å². The minimum absolute atomic E-state index is 0.0868. The molecule has 0 bridgehead atoms. The molecule has 0 amide bonds. The SMILES string of the molecule is COS(=O)(=O)CC1CCOC1. The summed E-state index contributed by atoms with van der Waals surface area (Å²) in [5.41, 5.74) is 0. The van der Waals surface area contributed by atoms with Gasteiger partial charge in [-0.2, -0.15) is 8.42 Å². The van der Waals surface area contributed by atoms with Gasteiger partial charge in [-0.05, 0) is 6.42 Å². The lowest BCUT2D eigenvalue weighted by molar-refractivity contribution is 0.188. The lowest BCUT2D eigenvalue weighted by Crippen LogP contribution is -2.17. The minimum atomic E-state index is -3.28. The van der Waals surface area contributed by atoms with Crippen LogP contribution in [-0.2, 0) is 19.0 Å². The Morgan fingerprint density at radius 3 is 2.82 bits per heavy atom. The third kappa shape index (κ3) is 2.76. The van der Waals surface area contributed by atoms with Gasteiger partial charge in [-0.1, -0.05) is 0 Å². The summed E-state index contributed by atoms with van der Waals surface area (Å²) in [6.07, 6.45) is 0.822. The second-order valence-corrected chi connectivity index (χ2v) is 4.40. The van der Waals surface area contributed by atoms with Crippen LogP contribution in [0.5, 0.6) is 0 Å². The minimum Gasteiger partial charge on any atom is -0.381 e. The highest BCUT2D eigenvalue weighted by molar-refractivity contribution is 7.86. The Kier molecular flexibility index (Phi) is 2.86. The Balaban J connectivity index is 2.41. The highest BCUT2D eigenvalue weighted by Crippen LogP contribution is 2.14. The predicted octanol–water partition coefficient (Wildman–Crippen LogP) is -0.000900. The van der Waals surface area contributed by atoms with Crippen LogP contribution in [0.15, 0.2) is 0 Å². The van der Waals surface area contributed by atoms with Crippen LogP contribution in [0.4, 0.5) is 0 Å². The molecule has 0 aromatic carbocycles. The van der Waals surface area contributed by atoms with E-state index in [4.69, 9.17) is 4.74 Å². The molecule has 0 aliphatic carbocycles. The standard InChI is InChI=1S/C6H12O4S/c1-9-11(7,8)5-6-2-3-10-4-6/h6H,2-5H2,1H3. The molecule has 4 nitrogen and oxygen atoms in total. The van der Waals surface area contributed by atoms with Gasteiger partial charge in [0.05, 0.1) is 19.5 Å². The van der Waals surface area contributed by atoms with Gasteiger partial charge >= 0.3 is 0 Å². The van der Waals surface area contributed by atoms with E-state index in [1.54, 1.807) is 0 Å². The lowest BCUT2D eigenvalue weighted by atomic mass is 10.2. The zero-order valence-electron chi connectivity index (χ0n) is 6.45. The Morgan fingerprint density at radius 2 is 2.36 bits per heavy atom. The number of ether oxygens (including phenoxy) is 1. The Labute approximate surface area is 66.6 Å². The summed E-state index contributed by atoms with van der Waals surface area (Å²) in [6.45, 7) is 1.21. The van der Waals surface area contributed by atoms with Crippen LogP contribution < -0.4 is 0 Å². The highest BCUT2D eigenvalue weighted by atomic mass is 32.2. The van der Waals surface area contributed by atoms with Crippen LogP contribution in [0.2, 0.25) is 0 Å². The first-order chi connectivity index (χ1) is 5.14. The van der Waals surface area contributed by atoms with Gasteiger partial charge in [0.15, 0.2) is 0 Å². The molecule has 0 aromatic rings. The second kappa shape index (κ2) is 3.51. The normalized spacial score (nSPS) is 25.7. The van der Waals surface area contributed by atoms with E-state index in [1.807, 2.05) is 0 Å². The second-order valence-electron chi connectivity index (χ2n) is 2.62. The van der Waals surface area contributed by atoms with Crippen molar-refractivity contribution in [2.24, 2.45) is 5.92 Å². The zero-order chi connectivity index (χ0) is 8.32. The number of hydrogen-bond donors (Lipinski definition) is 0. The van der Waals surface area contributed by atoms with Crippen molar-refractivity contribution in [2.45, 2.75) is 6.42 Å².